The molecule has 0 aromatic carbocycles. The van der Waals surface area contributed by atoms with Crippen molar-refractivity contribution in [2.24, 2.45) is 5.73 Å². The van der Waals surface area contributed by atoms with E-state index in [4.69, 9.17) is 10.8 Å². The number of sulfonamides is 1. The van der Waals surface area contributed by atoms with Crippen LogP contribution in [0.4, 0.5) is 0 Å². The van der Waals surface area contributed by atoms with Crippen molar-refractivity contribution in [3.05, 3.63) is 0 Å². The molecular weight excluding hydrogens is 220 g/mol. The number of hydrogen-bond acceptors (Lipinski definition) is 4. The predicted molar refractivity (Wildman–Crippen MR) is 56.9 cm³/mol. The molecule has 0 aliphatic heterocycles. The first-order chi connectivity index (χ1) is 6.93. The number of carboxylic acids is 1. The number of carboxylic acid groups (broad SMARTS) is 1. The molecule has 0 aliphatic rings. The summed E-state index contributed by atoms with van der Waals surface area (Å²) in [5.74, 6) is -1.24. The summed E-state index contributed by atoms with van der Waals surface area (Å²) < 4.78 is 24.8. The molecule has 1 unspecified atom stereocenters. The van der Waals surface area contributed by atoms with E-state index < -0.39 is 22.0 Å². The van der Waals surface area contributed by atoms with E-state index in [0.29, 0.717) is 6.42 Å². The number of unbranched alkanes of at least 4 members (excludes halogenated alkanes) is 1. The van der Waals surface area contributed by atoms with Gasteiger partial charge in [0.25, 0.3) is 0 Å². The van der Waals surface area contributed by atoms with E-state index in [0.717, 1.165) is 6.42 Å². The molecule has 4 N–H and O–H groups in total. The van der Waals surface area contributed by atoms with Gasteiger partial charge in [-0.05, 0) is 19.4 Å². The molecule has 0 rings (SSSR count). The molecule has 15 heavy (non-hydrogen) atoms. The fraction of sp³-hybridized carbons (Fsp3) is 0.875. The Labute approximate surface area is 89.9 Å². The van der Waals surface area contributed by atoms with E-state index in [1.54, 1.807) is 0 Å². The molecule has 7 heteroatoms. The first kappa shape index (κ1) is 14.3. The van der Waals surface area contributed by atoms with E-state index in [9.17, 15) is 13.2 Å². The lowest BCUT2D eigenvalue weighted by molar-refractivity contribution is -0.139. The molecule has 0 heterocycles. The maximum Gasteiger partial charge on any atom is 0.321 e. The minimum absolute atomic E-state index is 0.0438. The molecule has 0 bridgehead atoms. The van der Waals surface area contributed by atoms with Crippen molar-refractivity contribution in [3.8, 4) is 0 Å². The predicted octanol–water partition coefficient (Wildman–Crippen LogP) is -0.492. The summed E-state index contributed by atoms with van der Waals surface area (Å²) in [6.45, 7) is 2.00. The standard InChI is InChI=1S/C8H18N2O4S/c1-2-3-6-15(13,14)10-7(4-5-9)8(11)12/h7,10H,2-6,9H2,1H3,(H,11,12). The Kier molecular flexibility index (Phi) is 6.46. The molecule has 6 nitrogen and oxygen atoms in total. The topological polar surface area (TPSA) is 109 Å². The van der Waals surface area contributed by atoms with Crippen molar-refractivity contribution in [2.75, 3.05) is 12.3 Å². The zero-order chi connectivity index (χ0) is 11.9. The number of carbonyl (C=O) groups is 1. The highest BCUT2D eigenvalue weighted by molar-refractivity contribution is 7.89. The number of nitrogens with two attached hydrogens (primary N) is 1. The van der Waals surface area contributed by atoms with Crippen LogP contribution in [0.15, 0.2) is 0 Å². The van der Waals surface area contributed by atoms with Crippen molar-refractivity contribution in [1.29, 1.82) is 0 Å². The average molecular weight is 238 g/mol. The van der Waals surface area contributed by atoms with Crippen molar-refractivity contribution in [2.45, 2.75) is 32.2 Å². The second kappa shape index (κ2) is 6.76. The molecule has 0 spiro atoms. The number of nitrogens with one attached hydrogen (secondary N) is 1. The molecule has 0 aromatic rings. The van der Waals surface area contributed by atoms with Crippen molar-refractivity contribution in [3.63, 3.8) is 0 Å². The summed E-state index contributed by atoms with van der Waals surface area (Å²) in [4.78, 5) is 10.7. The summed E-state index contributed by atoms with van der Waals surface area (Å²) in [5.41, 5.74) is 5.19. The van der Waals surface area contributed by atoms with Crippen molar-refractivity contribution < 1.29 is 18.3 Å². The van der Waals surface area contributed by atoms with Gasteiger partial charge in [0.1, 0.15) is 6.04 Å². The Balaban J connectivity index is 4.32. The number of hydrogen-bond donors (Lipinski definition) is 3. The van der Waals surface area contributed by atoms with Crippen LogP contribution in [-0.4, -0.2) is 37.8 Å². The van der Waals surface area contributed by atoms with Crippen LogP contribution in [0.2, 0.25) is 0 Å². The van der Waals surface area contributed by atoms with E-state index in [1.807, 2.05) is 6.92 Å². The van der Waals surface area contributed by atoms with Crippen LogP contribution in [0.1, 0.15) is 26.2 Å². The number of rotatable bonds is 8. The van der Waals surface area contributed by atoms with Gasteiger partial charge in [-0.3, -0.25) is 4.79 Å². The van der Waals surface area contributed by atoms with Crippen LogP contribution >= 0.6 is 0 Å². The van der Waals surface area contributed by atoms with Crippen molar-refractivity contribution >= 4 is 16.0 Å². The first-order valence-electron chi connectivity index (χ1n) is 4.85. The molecular formula is C8H18N2O4S. The summed E-state index contributed by atoms with van der Waals surface area (Å²) in [6.07, 6.45) is 1.36. The second-order valence-corrected chi connectivity index (χ2v) is 5.13. The molecule has 0 saturated carbocycles. The average Bonchev–Trinajstić information content (AvgIpc) is 2.14. The van der Waals surface area contributed by atoms with Gasteiger partial charge in [-0.15, -0.1) is 0 Å². The van der Waals surface area contributed by atoms with Gasteiger partial charge in [-0.25, -0.2) is 13.1 Å². The van der Waals surface area contributed by atoms with Crippen LogP contribution in [0.5, 0.6) is 0 Å². The highest BCUT2D eigenvalue weighted by Gasteiger charge is 2.22. The highest BCUT2D eigenvalue weighted by Crippen LogP contribution is 1.98. The monoisotopic (exact) mass is 238 g/mol. The molecule has 0 radical (unpaired) electrons. The Morgan fingerprint density at radius 1 is 1.53 bits per heavy atom. The maximum absolute atomic E-state index is 11.4. The third-order valence-electron chi connectivity index (χ3n) is 1.84. The lowest BCUT2D eigenvalue weighted by atomic mass is 10.2. The summed E-state index contributed by atoms with van der Waals surface area (Å²) in [5, 5.41) is 8.71. The SMILES string of the molecule is CCCCS(=O)(=O)NC(CCN)C(=O)O. The summed E-state index contributed by atoms with van der Waals surface area (Å²) in [6, 6.07) is -1.11. The lowest BCUT2D eigenvalue weighted by Crippen LogP contribution is -2.42. The van der Waals surface area contributed by atoms with Crippen LogP contribution in [0.3, 0.4) is 0 Å². The molecule has 90 valence electrons. The Morgan fingerprint density at radius 2 is 2.13 bits per heavy atom. The lowest BCUT2D eigenvalue weighted by Gasteiger charge is -2.13. The molecule has 1 atom stereocenters. The van der Waals surface area contributed by atoms with Crippen molar-refractivity contribution in [1.82, 2.24) is 4.72 Å². The largest absolute Gasteiger partial charge is 0.480 e. The second-order valence-electron chi connectivity index (χ2n) is 3.26. The zero-order valence-electron chi connectivity index (χ0n) is 8.77. The molecule has 0 fully saturated rings. The molecule has 0 aliphatic carbocycles. The minimum atomic E-state index is -3.50. The van der Waals surface area contributed by atoms with Crippen LogP contribution in [0.25, 0.3) is 0 Å². The Hall–Kier alpha value is -0.660. The first-order valence-corrected chi connectivity index (χ1v) is 6.51. The van der Waals surface area contributed by atoms with E-state index in [-0.39, 0.29) is 18.7 Å². The summed E-state index contributed by atoms with van der Waals surface area (Å²) >= 11 is 0. The molecule has 0 saturated heterocycles. The van der Waals surface area contributed by atoms with Gasteiger partial charge in [0.2, 0.25) is 10.0 Å². The van der Waals surface area contributed by atoms with Crippen LogP contribution in [0, 0.1) is 0 Å². The highest BCUT2D eigenvalue weighted by atomic mass is 32.2. The van der Waals surface area contributed by atoms with E-state index >= 15 is 0 Å². The van der Waals surface area contributed by atoms with Crippen LogP contribution in [-0.2, 0) is 14.8 Å². The van der Waals surface area contributed by atoms with Gasteiger partial charge in [0.05, 0.1) is 5.75 Å². The molecule has 0 amide bonds. The van der Waals surface area contributed by atoms with Gasteiger partial charge in [0.15, 0.2) is 0 Å². The van der Waals surface area contributed by atoms with Gasteiger partial charge < -0.3 is 10.8 Å². The van der Waals surface area contributed by atoms with E-state index in [2.05, 4.69) is 4.72 Å². The fourth-order valence-corrected chi connectivity index (χ4v) is 2.45. The maximum atomic E-state index is 11.4. The van der Waals surface area contributed by atoms with Gasteiger partial charge >= 0.3 is 5.97 Å². The quantitative estimate of drug-likeness (QED) is 0.528. The third kappa shape index (κ3) is 6.43. The Bertz CT molecular complexity index is 289. The zero-order valence-corrected chi connectivity index (χ0v) is 9.59. The van der Waals surface area contributed by atoms with Gasteiger partial charge in [0, 0.05) is 0 Å². The van der Waals surface area contributed by atoms with Crippen LogP contribution < -0.4 is 10.5 Å². The minimum Gasteiger partial charge on any atom is -0.480 e. The van der Waals surface area contributed by atoms with Gasteiger partial charge in [-0.2, -0.15) is 0 Å². The normalized spacial score (nSPS) is 13.7. The fourth-order valence-electron chi connectivity index (χ4n) is 1.01. The smallest absolute Gasteiger partial charge is 0.321 e. The van der Waals surface area contributed by atoms with E-state index in [1.165, 1.54) is 0 Å². The summed E-state index contributed by atoms with van der Waals surface area (Å²) in [7, 11) is -3.50. The molecule has 0 aromatic heterocycles. The Morgan fingerprint density at radius 3 is 2.53 bits per heavy atom. The number of aliphatic carboxylic acids is 1. The third-order valence-corrected chi connectivity index (χ3v) is 3.31. The van der Waals surface area contributed by atoms with Gasteiger partial charge in [-0.1, -0.05) is 13.3 Å².